The van der Waals surface area contributed by atoms with Crippen LogP contribution in [0.4, 0.5) is 0 Å². The van der Waals surface area contributed by atoms with Crippen LogP contribution in [0.1, 0.15) is 6.42 Å². The molecular weight excluding hydrogens is 250 g/mol. The van der Waals surface area contributed by atoms with Crippen molar-refractivity contribution in [3.63, 3.8) is 0 Å². The molecule has 0 fully saturated rings. The minimum atomic E-state index is -5.02. The molecule has 0 spiro atoms. The predicted molar refractivity (Wildman–Crippen MR) is 35.1 cm³/mol. The van der Waals surface area contributed by atoms with Gasteiger partial charge in [0.15, 0.2) is 5.25 Å². The Labute approximate surface area is 131 Å². The van der Waals surface area contributed by atoms with Gasteiger partial charge in [0.25, 0.3) is 0 Å². The first-order valence-corrected chi connectivity index (χ1v) is 4.48. The quantitative estimate of drug-likeness (QED) is 0.278. The molecule has 76 valence electrons. The fourth-order valence-electron chi connectivity index (χ4n) is 0.586. The van der Waals surface area contributed by atoms with Crippen LogP contribution in [0.15, 0.2) is 0 Å². The summed E-state index contributed by atoms with van der Waals surface area (Å²) in [6.45, 7) is 0. The van der Waals surface area contributed by atoms with Gasteiger partial charge in [-0.2, -0.15) is 0 Å². The number of methoxy groups -OCH3 is 1. The van der Waals surface area contributed by atoms with Crippen molar-refractivity contribution in [3.8, 4) is 0 Å². The van der Waals surface area contributed by atoms with Crippen LogP contribution < -0.4 is 64.2 Å². The van der Waals surface area contributed by atoms with Gasteiger partial charge in [-0.25, -0.2) is 8.42 Å². The molecule has 0 rings (SSSR count). The molecule has 0 heterocycles. The summed E-state index contributed by atoms with van der Waals surface area (Å²) >= 11 is 0. The van der Waals surface area contributed by atoms with Crippen LogP contribution in [-0.2, 0) is 24.4 Å². The van der Waals surface area contributed by atoms with E-state index in [2.05, 4.69) is 4.74 Å². The number of carbonyl (C=O) groups excluding carboxylic acids is 2. The fraction of sp³-hybridized carbons (Fsp3) is 0.600. The molecule has 0 aliphatic rings. The summed E-state index contributed by atoms with van der Waals surface area (Å²) in [7, 11) is -4.17. The van der Waals surface area contributed by atoms with E-state index in [1.807, 2.05) is 0 Å². The second-order valence-corrected chi connectivity index (χ2v) is 3.64. The first-order chi connectivity index (χ1) is 5.79. The van der Waals surface area contributed by atoms with Crippen molar-refractivity contribution in [1.82, 2.24) is 0 Å². The summed E-state index contributed by atoms with van der Waals surface area (Å²) in [6.07, 6.45) is -1.20. The first-order valence-electron chi connectivity index (χ1n) is 3.01. The minimum Gasteiger partial charge on any atom is -0.747 e. The molecule has 1 atom stereocenters. The number of carboxylic acids is 1. The summed E-state index contributed by atoms with van der Waals surface area (Å²) in [5, 5.41) is 7.72. The van der Waals surface area contributed by atoms with E-state index in [4.69, 9.17) is 0 Å². The van der Waals surface area contributed by atoms with Crippen molar-refractivity contribution < 1.29 is 91.5 Å². The van der Waals surface area contributed by atoms with E-state index in [1.54, 1.807) is 0 Å². The second kappa shape index (κ2) is 8.94. The Kier molecular flexibility index (Phi) is 12.6. The Morgan fingerprint density at radius 2 is 1.73 bits per heavy atom. The number of hydrogen-bond acceptors (Lipinski definition) is 7. The molecule has 0 aliphatic carbocycles. The molecule has 0 aromatic carbocycles. The monoisotopic (exact) mass is 256 g/mol. The van der Waals surface area contributed by atoms with Gasteiger partial charge in [-0.3, -0.25) is 4.79 Å². The summed E-state index contributed by atoms with van der Waals surface area (Å²) < 4.78 is 34.9. The van der Waals surface area contributed by atoms with Crippen LogP contribution in [-0.4, -0.2) is 37.3 Å². The summed E-state index contributed by atoms with van der Waals surface area (Å²) in [6, 6.07) is 0. The van der Waals surface area contributed by atoms with E-state index in [0.29, 0.717) is 0 Å². The predicted octanol–water partition coefficient (Wildman–Crippen LogP) is -8.78. The number of rotatable bonds is 4. The number of esters is 1. The zero-order valence-corrected chi connectivity index (χ0v) is 13.4. The third-order valence-corrected chi connectivity index (χ3v) is 2.22. The van der Waals surface area contributed by atoms with Gasteiger partial charge in [0.1, 0.15) is 10.1 Å². The molecule has 0 N–H and O–H groups in total. The molecule has 10 heteroatoms. The fourth-order valence-corrected chi connectivity index (χ4v) is 1.26. The molecule has 15 heavy (non-hydrogen) atoms. The van der Waals surface area contributed by atoms with Gasteiger partial charge in [-0.1, -0.05) is 0 Å². The Morgan fingerprint density at radius 3 is 1.93 bits per heavy atom. The van der Waals surface area contributed by atoms with Gasteiger partial charge in [-0.15, -0.1) is 0 Å². The number of ether oxygens (including phenoxy) is 1. The summed E-state index contributed by atoms with van der Waals surface area (Å²) in [5.41, 5.74) is 0. The molecule has 0 aromatic heterocycles. The van der Waals surface area contributed by atoms with Crippen LogP contribution in [0.2, 0.25) is 0 Å². The van der Waals surface area contributed by atoms with Gasteiger partial charge < -0.3 is 19.2 Å². The normalized spacial score (nSPS) is 11.6. The van der Waals surface area contributed by atoms with Gasteiger partial charge in [0.05, 0.1) is 7.11 Å². The maximum Gasteiger partial charge on any atom is 1.00 e. The average Bonchev–Trinajstić information content (AvgIpc) is 1.96. The third kappa shape index (κ3) is 8.64. The molecule has 0 aromatic rings. The number of hydrogen-bond donors (Lipinski definition) is 0. The van der Waals surface area contributed by atoms with Crippen molar-refractivity contribution in [2.45, 2.75) is 11.7 Å². The van der Waals surface area contributed by atoms with E-state index in [-0.39, 0.29) is 59.1 Å². The number of carboxylic acid groups (broad SMARTS) is 1. The minimum absolute atomic E-state index is 0. The van der Waals surface area contributed by atoms with E-state index in [9.17, 15) is 27.7 Å². The van der Waals surface area contributed by atoms with Crippen molar-refractivity contribution >= 4 is 22.1 Å². The standard InChI is InChI=1S/C5H8O7S.2Na/c1-12-5(8)3(2-4(6)7)13(9,10)11;;/h3H,2H2,1H3,(H,6,7)(H,9,10,11);;/q;2*+1/p-2. The van der Waals surface area contributed by atoms with E-state index >= 15 is 0 Å². The Hall–Kier alpha value is 0.850. The molecule has 0 aliphatic heterocycles. The van der Waals surface area contributed by atoms with Crippen molar-refractivity contribution in [1.29, 1.82) is 0 Å². The largest absolute Gasteiger partial charge is 1.00 e. The Morgan fingerprint density at radius 1 is 1.33 bits per heavy atom. The summed E-state index contributed by atoms with van der Waals surface area (Å²) in [4.78, 5) is 20.6. The molecule has 0 saturated carbocycles. The van der Waals surface area contributed by atoms with Crippen LogP contribution in [0.3, 0.4) is 0 Å². The third-order valence-electron chi connectivity index (χ3n) is 1.16. The number of aliphatic carboxylic acids is 1. The zero-order chi connectivity index (χ0) is 10.6. The SMILES string of the molecule is COC(=O)C(CC(=O)[O-])S(=O)(=O)[O-].[Na+].[Na+]. The Bertz CT molecular complexity index is 311. The molecule has 0 bridgehead atoms. The van der Waals surface area contributed by atoms with Crippen LogP contribution in [0, 0.1) is 0 Å². The van der Waals surface area contributed by atoms with Crippen LogP contribution in [0.25, 0.3) is 0 Å². The smallest absolute Gasteiger partial charge is 0.747 e. The second-order valence-electron chi connectivity index (χ2n) is 2.08. The van der Waals surface area contributed by atoms with Gasteiger partial charge in [0.2, 0.25) is 0 Å². The summed E-state index contributed by atoms with van der Waals surface area (Å²) in [5.74, 6) is -3.21. The molecule has 0 saturated heterocycles. The zero-order valence-electron chi connectivity index (χ0n) is 8.55. The van der Waals surface area contributed by atoms with Crippen molar-refractivity contribution in [3.05, 3.63) is 0 Å². The first kappa shape index (κ1) is 21.2. The Balaban J connectivity index is -0.000000720. The maximum absolute atomic E-state index is 10.6. The molecule has 0 radical (unpaired) electrons. The van der Waals surface area contributed by atoms with E-state index in [1.165, 1.54) is 0 Å². The van der Waals surface area contributed by atoms with Crippen molar-refractivity contribution in [2.24, 2.45) is 0 Å². The topological polar surface area (TPSA) is 124 Å². The van der Waals surface area contributed by atoms with Gasteiger partial charge in [0, 0.05) is 12.4 Å². The van der Waals surface area contributed by atoms with Crippen molar-refractivity contribution in [2.75, 3.05) is 7.11 Å². The van der Waals surface area contributed by atoms with E-state index < -0.39 is 33.7 Å². The van der Waals surface area contributed by atoms with Gasteiger partial charge >= 0.3 is 65.1 Å². The average molecular weight is 256 g/mol. The van der Waals surface area contributed by atoms with Crippen LogP contribution in [0.5, 0.6) is 0 Å². The molecule has 7 nitrogen and oxygen atoms in total. The van der Waals surface area contributed by atoms with E-state index in [0.717, 1.165) is 7.11 Å². The van der Waals surface area contributed by atoms with Gasteiger partial charge in [-0.05, 0) is 0 Å². The number of carbonyl (C=O) groups is 2. The molecular formula is C5H6Na2O7S. The van der Waals surface area contributed by atoms with Crippen LogP contribution >= 0.6 is 0 Å². The molecule has 0 amide bonds. The molecule has 1 unspecified atom stereocenters. The maximum atomic E-state index is 10.6.